The second-order valence-electron chi connectivity index (χ2n) is 3.58. The van der Waals surface area contributed by atoms with Crippen LogP contribution in [-0.2, 0) is 14.8 Å². The number of alkyl halides is 2. The molecule has 1 saturated heterocycles. The Bertz CT molecular complexity index is 285. The van der Waals surface area contributed by atoms with Gasteiger partial charge in [-0.25, -0.2) is 22.3 Å². The fraction of sp³-hybridized carbons (Fsp3) is 1.00. The summed E-state index contributed by atoms with van der Waals surface area (Å²) in [4.78, 5) is 0. The fourth-order valence-corrected chi connectivity index (χ4v) is 2.82. The average Bonchev–Trinajstić information content (AvgIpc) is 2.02. The van der Waals surface area contributed by atoms with Crippen molar-refractivity contribution in [3.8, 4) is 0 Å². The summed E-state index contributed by atoms with van der Waals surface area (Å²) in [7, 11) is -3.86. The van der Waals surface area contributed by atoms with Gasteiger partial charge in [0.05, 0.1) is 11.2 Å². The van der Waals surface area contributed by atoms with Crippen molar-refractivity contribution in [3.05, 3.63) is 0 Å². The largest absolute Gasteiger partial charge is 0.381 e. The minimum atomic E-state index is -3.86. The molecule has 0 bridgehead atoms. The minimum Gasteiger partial charge on any atom is -0.381 e. The van der Waals surface area contributed by atoms with Crippen molar-refractivity contribution in [2.75, 3.05) is 19.0 Å². The van der Waals surface area contributed by atoms with E-state index < -0.39 is 27.6 Å². The first-order valence-corrected chi connectivity index (χ1v) is 5.94. The number of hydrogen-bond donors (Lipinski definition) is 1. The molecular weight excluding hydrogens is 216 g/mol. The summed E-state index contributed by atoms with van der Waals surface area (Å²) in [5.74, 6) is -0.666. The van der Waals surface area contributed by atoms with Crippen molar-refractivity contribution >= 4 is 10.0 Å². The Balaban J connectivity index is 2.81. The maximum Gasteiger partial charge on any atom is 0.245 e. The van der Waals surface area contributed by atoms with Crippen molar-refractivity contribution in [3.63, 3.8) is 0 Å². The molecule has 1 heterocycles. The highest BCUT2D eigenvalue weighted by Crippen LogP contribution is 2.37. The van der Waals surface area contributed by atoms with Crippen LogP contribution >= 0.6 is 0 Å². The Morgan fingerprint density at radius 1 is 1.36 bits per heavy atom. The number of nitrogens with two attached hydrogens (primary N) is 1. The molecule has 0 aromatic rings. The first kappa shape index (κ1) is 11.8. The molecule has 0 aromatic heterocycles. The SMILES string of the molecule is NS(=O)(=O)CC1(C(F)F)CCOCC1. The van der Waals surface area contributed by atoms with Gasteiger partial charge >= 0.3 is 0 Å². The van der Waals surface area contributed by atoms with Crippen LogP contribution in [-0.4, -0.2) is 33.8 Å². The quantitative estimate of drug-likeness (QED) is 0.758. The van der Waals surface area contributed by atoms with E-state index in [1.165, 1.54) is 0 Å². The summed E-state index contributed by atoms with van der Waals surface area (Å²) in [6, 6.07) is 0. The van der Waals surface area contributed by atoms with E-state index in [4.69, 9.17) is 9.88 Å². The molecule has 7 heteroatoms. The summed E-state index contributed by atoms with van der Waals surface area (Å²) in [6.07, 6.45) is -2.59. The molecule has 0 amide bonds. The predicted octanol–water partition coefficient (Wildman–Crippen LogP) is 0.337. The molecule has 0 saturated carbocycles. The molecule has 0 unspecified atom stereocenters. The van der Waals surface area contributed by atoms with Gasteiger partial charge in [-0.15, -0.1) is 0 Å². The second kappa shape index (κ2) is 4.08. The molecule has 1 aliphatic rings. The average molecular weight is 229 g/mol. The molecule has 0 radical (unpaired) electrons. The van der Waals surface area contributed by atoms with Crippen LogP contribution in [0, 0.1) is 5.41 Å². The van der Waals surface area contributed by atoms with Crippen molar-refractivity contribution in [1.82, 2.24) is 0 Å². The van der Waals surface area contributed by atoms with Gasteiger partial charge in [-0.2, -0.15) is 0 Å². The summed E-state index contributed by atoms with van der Waals surface area (Å²) in [5.41, 5.74) is -1.51. The molecule has 0 spiro atoms. The van der Waals surface area contributed by atoms with Crippen LogP contribution in [0.4, 0.5) is 8.78 Å². The van der Waals surface area contributed by atoms with E-state index in [1.54, 1.807) is 0 Å². The van der Waals surface area contributed by atoms with Crippen LogP contribution in [0.1, 0.15) is 12.8 Å². The van der Waals surface area contributed by atoms with E-state index >= 15 is 0 Å². The molecule has 1 rings (SSSR count). The maximum absolute atomic E-state index is 12.7. The molecule has 0 aliphatic carbocycles. The Morgan fingerprint density at radius 2 is 1.86 bits per heavy atom. The number of halogens is 2. The summed E-state index contributed by atoms with van der Waals surface area (Å²) >= 11 is 0. The lowest BCUT2D eigenvalue weighted by molar-refractivity contribution is -0.0667. The van der Waals surface area contributed by atoms with Gasteiger partial charge in [0.1, 0.15) is 0 Å². The highest BCUT2D eigenvalue weighted by Gasteiger charge is 2.44. The van der Waals surface area contributed by atoms with Gasteiger partial charge in [0.25, 0.3) is 0 Å². The zero-order valence-corrected chi connectivity index (χ0v) is 8.40. The fourth-order valence-electron chi connectivity index (χ4n) is 1.60. The van der Waals surface area contributed by atoms with Crippen LogP contribution < -0.4 is 5.14 Å². The molecule has 14 heavy (non-hydrogen) atoms. The van der Waals surface area contributed by atoms with Crippen molar-refractivity contribution in [1.29, 1.82) is 0 Å². The van der Waals surface area contributed by atoms with E-state index in [0.717, 1.165) is 0 Å². The summed E-state index contributed by atoms with van der Waals surface area (Å²) < 4.78 is 52.0. The third-order valence-electron chi connectivity index (χ3n) is 2.44. The molecule has 2 N–H and O–H groups in total. The molecule has 0 atom stereocenters. The third kappa shape index (κ3) is 2.86. The lowest BCUT2D eigenvalue weighted by atomic mass is 9.83. The van der Waals surface area contributed by atoms with E-state index in [1.807, 2.05) is 0 Å². The van der Waals surface area contributed by atoms with Gasteiger partial charge in [0, 0.05) is 13.2 Å². The van der Waals surface area contributed by atoms with Gasteiger partial charge < -0.3 is 4.74 Å². The number of sulfonamides is 1. The first-order valence-electron chi connectivity index (χ1n) is 4.22. The minimum absolute atomic E-state index is 0.0428. The molecule has 1 fully saturated rings. The lowest BCUT2D eigenvalue weighted by Gasteiger charge is -2.35. The van der Waals surface area contributed by atoms with Gasteiger partial charge in [0.2, 0.25) is 16.4 Å². The van der Waals surface area contributed by atoms with E-state index in [-0.39, 0.29) is 26.1 Å². The maximum atomic E-state index is 12.7. The smallest absolute Gasteiger partial charge is 0.245 e. The third-order valence-corrected chi connectivity index (χ3v) is 3.42. The normalized spacial score (nSPS) is 22.6. The Hall–Kier alpha value is -0.270. The summed E-state index contributed by atoms with van der Waals surface area (Å²) in [5, 5.41) is 4.79. The van der Waals surface area contributed by atoms with Crippen LogP contribution in [0.2, 0.25) is 0 Å². The highest BCUT2D eigenvalue weighted by atomic mass is 32.2. The second-order valence-corrected chi connectivity index (χ2v) is 5.20. The number of ether oxygens (including phenoxy) is 1. The van der Waals surface area contributed by atoms with E-state index in [9.17, 15) is 17.2 Å². The molecule has 1 aliphatic heterocycles. The molecule has 4 nitrogen and oxygen atoms in total. The van der Waals surface area contributed by atoms with Crippen molar-refractivity contribution in [2.45, 2.75) is 19.3 Å². The summed E-state index contributed by atoms with van der Waals surface area (Å²) in [6.45, 7) is 0.333. The number of rotatable bonds is 3. The van der Waals surface area contributed by atoms with Crippen LogP contribution in [0.3, 0.4) is 0 Å². The van der Waals surface area contributed by atoms with E-state index in [0.29, 0.717) is 0 Å². The van der Waals surface area contributed by atoms with Gasteiger partial charge in [0.15, 0.2) is 0 Å². The monoisotopic (exact) mass is 229 g/mol. The predicted molar refractivity (Wildman–Crippen MR) is 46.5 cm³/mol. The van der Waals surface area contributed by atoms with Gasteiger partial charge in [-0.3, -0.25) is 0 Å². The topological polar surface area (TPSA) is 69.4 Å². The molecule has 84 valence electrons. The van der Waals surface area contributed by atoms with Crippen LogP contribution in [0.15, 0.2) is 0 Å². The molecular formula is C7H13F2NO3S. The van der Waals surface area contributed by atoms with Gasteiger partial charge in [-0.05, 0) is 12.8 Å². The number of primary sulfonamides is 1. The first-order chi connectivity index (χ1) is 6.36. The zero-order chi connectivity index (χ0) is 10.8. The van der Waals surface area contributed by atoms with Crippen LogP contribution in [0.25, 0.3) is 0 Å². The Morgan fingerprint density at radius 3 is 2.21 bits per heavy atom. The van der Waals surface area contributed by atoms with E-state index in [2.05, 4.69) is 0 Å². The van der Waals surface area contributed by atoms with Crippen LogP contribution in [0.5, 0.6) is 0 Å². The lowest BCUT2D eigenvalue weighted by Crippen LogP contribution is -2.43. The van der Waals surface area contributed by atoms with Crippen molar-refractivity contribution in [2.24, 2.45) is 10.6 Å². The van der Waals surface area contributed by atoms with Crippen molar-refractivity contribution < 1.29 is 21.9 Å². The molecule has 0 aromatic carbocycles. The standard InChI is InChI=1S/C7H13F2NO3S/c8-6(9)7(5-14(10,11)12)1-3-13-4-2-7/h6H,1-5H2,(H2,10,11,12). The Labute approximate surface area is 81.5 Å². The highest BCUT2D eigenvalue weighted by molar-refractivity contribution is 7.89. The van der Waals surface area contributed by atoms with Gasteiger partial charge in [-0.1, -0.05) is 0 Å². The zero-order valence-electron chi connectivity index (χ0n) is 7.58. The number of hydrogen-bond acceptors (Lipinski definition) is 3. The Kier molecular flexibility index (Phi) is 3.44.